The van der Waals surface area contributed by atoms with E-state index in [1.807, 2.05) is 12.1 Å². The number of rotatable bonds is 1. The molecule has 0 N–H and O–H groups in total. The van der Waals surface area contributed by atoms with Crippen LogP contribution in [0.4, 0.5) is 0 Å². The molecule has 2 rings (SSSR count). The van der Waals surface area contributed by atoms with Gasteiger partial charge in [0.1, 0.15) is 0 Å². The van der Waals surface area contributed by atoms with Gasteiger partial charge >= 0.3 is 0 Å². The molecule has 0 bridgehead atoms. The summed E-state index contributed by atoms with van der Waals surface area (Å²) in [6.07, 6.45) is 1.51. The summed E-state index contributed by atoms with van der Waals surface area (Å²) in [6.45, 7) is 0. The van der Waals surface area contributed by atoms with Gasteiger partial charge in [0, 0.05) is 5.02 Å². The van der Waals surface area contributed by atoms with Crippen LogP contribution >= 0.6 is 11.6 Å². The zero-order valence-corrected chi connectivity index (χ0v) is 6.86. The van der Waals surface area contributed by atoms with Crippen molar-refractivity contribution in [1.29, 1.82) is 0 Å². The van der Waals surface area contributed by atoms with E-state index in [1.54, 1.807) is 12.1 Å². The van der Waals surface area contributed by atoms with Crippen LogP contribution in [0.15, 0.2) is 36.6 Å². The van der Waals surface area contributed by atoms with Crippen molar-refractivity contribution in [3.8, 4) is 5.69 Å². The van der Waals surface area contributed by atoms with E-state index in [2.05, 4.69) is 10.2 Å². The standard InChI is InChI=1S/C8H6ClN3/c9-7-2-1-3-8(6-7)12-10-4-5-11-12/h1-6H/i4D. The van der Waals surface area contributed by atoms with E-state index >= 15 is 0 Å². The molecule has 60 valence electrons. The second-order valence-corrected chi connectivity index (χ2v) is 2.68. The largest absolute Gasteiger partial charge is 0.157 e. The fourth-order valence-corrected chi connectivity index (χ4v) is 1.10. The highest BCUT2D eigenvalue weighted by Crippen LogP contribution is 2.12. The molecule has 1 heterocycles. The molecule has 3 nitrogen and oxygen atoms in total. The number of benzene rings is 1. The molecule has 0 atom stereocenters. The highest BCUT2D eigenvalue weighted by Gasteiger charge is 1.96. The van der Waals surface area contributed by atoms with Gasteiger partial charge in [-0.25, -0.2) is 0 Å². The van der Waals surface area contributed by atoms with Gasteiger partial charge in [-0.1, -0.05) is 17.7 Å². The molecule has 0 radical (unpaired) electrons. The van der Waals surface area contributed by atoms with Crippen molar-refractivity contribution in [3.63, 3.8) is 0 Å². The van der Waals surface area contributed by atoms with Crippen LogP contribution in [-0.4, -0.2) is 15.0 Å². The van der Waals surface area contributed by atoms with Gasteiger partial charge in [-0.15, -0.1) is 0 Å². The Morgan fingerprint density at radius 1 is 1.42 bits per heavy atom. The van der Waals surface area contributed by atoms with E-state index in [4.69, 9.17) is 13.0 Å². The maximum Gasteiger partial charge on any atom is 0.0877 e. The Bertz CT molecular complexity index is 427. The van der Waals surface area contributed by atoms with Gasteiger partial charge in [-0.2, -0.15) is 15.0 Å². The van der Waals surface area contributed by atoms with Crippen molar-refractivity contribution >= 4 is 11.6 Å². The summed E-state index contributed by atoms with van der Waals surface area (Å²) in [6, 6.07) is 7.15. The maximum atomic E-state index is 7.19. The summed E-state index contributed by atoms with van der Waals surface area (Å²) in [4.78, 5) is 1.37. The van der Waals surface area contributed by atoms with Crippen LogP contribution < -0.4 is 0 Å². The molecule has 0 fully saturated rings. The molecular formula is C8H6ClN3. The molecule has 0 saturated carbocycles. The highest BCUT2D eigenvalue weighted by molar-refractivity contribution is 6.30. The predicted molar refractivity (Wildman–Crippen MR) is 46.4 cm³/mol. The Morgan fingerprint density at radius 3 is 3.00 bits per heavy atom. The van der Waals surface area contributed by atoms with Crippen LogP contribution in [0.2, 0.25) is 5.02 Å². The third-order valence-corrected chi connectivity index (χ3v) is 1.65. The fourth-order valence-electron chi connectivity index (χ4n) is 0.912. The predicted octanol–water partition coefficient (Wildman–Crippen LogP) is 1.92. The first-order valence-corrected chi connectivity index (χ1v) is 3.78. The number of hydrogen-bond acceptors (Lipinski definition) is 2. The Morgan fingerprint density at radius 2 is 2.33 bits per heavy atom. The summed E-state index contributed by atoms with van der Waals surface area (Å²) in [5, 5.41) is 8.35. The van der Waals surface area contributed by atoms with Gasteiger partial charge in [0.2, 0.25) is 0 Å². The molecule has 2 aromatic rings. The van der Waals surface area contributed by atoms with Gasteiger partial charge < -0.3 is 0 Å². The second kappa shape index (κ2) is 2.95. The quantitative estimate of drug-likeness (QED) is 0.672. The van der Waals surface area contributed by atoms with Crippen molar-refractivity contribution in [2.75, 3.05) is 0 Å². The maximum absolute atomic E-state index is 7.19. The monoisotopic (exact) mass is 180 g/mol. The van der Waals surface area contributed by atoms with Gasteiger partial charge in [0.25, 0.3) is 0 Å². The van der Waals surface area contributed by atoms with Crippen LogP contribution in [0.5, 0.6) is 0 Å². The van der Waals surface area contributed by atoms with Gasteiger partial charge in [-0.3, -0.25) is 0 Å². The minimum atomic E-state index is 0.139. The molecule has 0 aliphatic heterocycles. The molecule has 12 heavy (non-hydrogen) atoms. The van der Waals surface area contributed by atoms with E-state index < -0.39 is 0 Å². The average Bonchev–Trinajstić information content (AvgIpc) is 2.52. The smallest absolute Gasteiger partial charge is 0.0877 e. The lowest BCUT2D eigenvalue weighted by Gasteiger charge is -1.98. The minimum absolute atomic E-state index is 0.139. The zero-order valence-electron chi connectivity index (χ0n) is 7.11. The molecule has 4 heteroatoms. The Kier molecular flexibility index (Phi) is 1.52. The molecule has 0 unspecified atom stereocenters. The third kappa shape index (κ3) is 1.31. The van der Waals surface area contributed by atoms with E-state index in [-0.39, 0.29) is 6.17 Å². The zero-order chi connectivity index (χ0) is 9.26. The summed E-state index contributed by atoms with van der Waals surface area (Å²) in [5.74, 6) is 0. The number of nitrogens with zero attached hydrogens (tertiary/aromatic N) is 3. The first-order chi connectivity index (χ1) is 6.25. The first-order valence-electron chi connectivity index (χ1n) is 3.90. The molecule has 1 aromatic heterocycles. The molecule has 0 amide bonds. The van der Waals surface area contributed by atoms with E-state index in [9.17, 15) is 0 Å². The Balaban J connectivity index is 2.46. The van der Waals surface area contributed by atoms with Gasteiger partial charge in [0.05, 0.1) is 19.4 Å². The van der Waals surface area contributed by atoms with E-state index in [0.717, 1.165) is 5.69 Å². The lowest BCUT2D eigenvalue weighted by atomic mass is 10.3. The minimum Gasteiger partial charge on any atom is -0.157 e. The summed E-state index contributed by atoms with van der Waals surface area (Å²) in [5.41, 5.74) is 0.756. The topological polar surface area (TPSA) is 30.7 Å². The Labute approximate surface area is 76.0 Å². The molecule has 0 aliphatic rings. The molecule has 0 spiro atoms. The van der Waals surface area contributed by atoms with Crippen LogP contribution in [0.1, 0.15) is 1.37 Å². The van der Waals surface area contributed by atoms with Gasteiger partial charge in [-0.05, 0) is 18.2 Å². The molecular weight excluding hydrogens is 174 g/mol. The summed E-state index contributed by atoms with van der Waals surface area (Å²) >= 11 is 5.79. The molecule has 0 aliphatic carbocycles. The Hall–Kier alpha value is -1.35. The normalized spacial score (nSPS) is 11.2. The van der Waals surface area contributed by atoms with Crippen molar-refractivity contribution in [1.82, 2.24) is 15.0 Å². The van der Waals surface area contributed by atoms with Crippen LogP contribution in [0.25, 0.3) is 5.69 Å². The SMILES string of the molecule is [2H]c1cnn(-c2cccc(Cl)c2)n1. The number of aromatic nitrogens is 3. The third-order valence-electron chi connectivity index (χ3n) is 1.42. The fraction of sp³-hybridized carbons (Fsp3) is 0. The van der Waals surface area contributed by atoms with Crippen LogP contribution in [0, 0.1) is 0 Å². The summed E-state index contributed by atoms with van der Waals surface area (Å²) < 4.78 is 7.19. The van der Waals surface area contributed by atoms with Gasteiger partial charge in [0.15, 0.2) is 0 Å². The lowest BCUT2D eigenvalue weighted by molar-refractivity contribution is 0.752. The van der Waals surface area contributed by atoms with Crippen molar-refractivity contribution < 1.29 is 1.37 Å². The van der Waals surface area contributed by atoms with E-state index in [1.165, 1.54) is 11.0 Å². The molecule has 1 aromatic carbocycles. The van der Waals surface area contributed by atoms with Crippen molar-refractivity contribution in [2.24, 2.45) is 0 Å². The number of hydrogen-bond donors (Lipinski definition) is 0. The number of halogens is 1. The van der Waals surface area contributed by atoms with E-state index in [0.29, 0.717) is 5.02 Å². The van der Waals surface area contributed by atoms with Crippen LogP contribution in [-0.2, 0) is 0 Å². The second-order valence-electron chi connectivity index (χ2n) is 2.24. The molecule has 0 saturated heterocycles. The van der Waals surface area contributed by atoms with Crippen molar-refractivity contribution in [2.45, 2.75) is 0 Å². The van der Waals surface area contributed by atoms with Crippen molar-refractivity contribution in [3.05, 3.63) is 41.7 Å². The lowest BCUT2D eigenvalue weighted by Crippen LogP contribution is -1.97. The summed E-state index contributed by atoms with van der Waals surface area (Å²) in [7, 11) is 0. The van der Waals surface area contributed by atoms with Crippen LogP contribution in [0.3, 0.4) is 0 Å². The first kappa shape index (κ1) is 6.20. The average molecular weight is 181 g/mol. The highest BCUT2D eigenvalue weighted by atomic mass is 35.5.